The van der Waals surface area contributed by atoms with E-state index in [1.807, 2.05) is 6.92 Å². The summed E-state index contributed by atoms with van der Waals surface area (Å²) in [6.45, 7) is 5.41. The molecule has 0 rings (SSSR count). The Labute approximate surface area is 85.6 Å². The lowest BCUT2D eigenvalue weighted by Crippen LogP contribution is -2.45. The zero-order chi connectivity index (χ0) is 11.0. The first kappa shape index (κ1) is 13.4. The van der Waals surface area contributed by atoms with E-state index in [9.17, 15) is 4.79 Å². The fraction of sp³-hybridized carbons (Fsp3) is 0.900. The van der Waals surface area contributed by atoms with Crippen molar-refractivity contribution in [1.29, 1.82) is 0 Å². The zero-order valence-corrected chi connectivity index (χ0v) is 9.30. The number of aliphatic carboxylic acids is 1. The van der Waals surface area contributed by atoms with Gasteiger partial charge < -0.3 is 15.2 Å². The van der Waals surface area contributed by atoms with Crippen LogP contribution in [0.2, 0.25) is 0 Å². The van der Waals surface area contributed by atoms with Crippen LogP contribution in [0.3, 0.4) is 0 Å². The molecule has 0 radical (unpaired) electrons. The van der Waals surface area contributed by atoms with Crippen molar-refractivity contribution in [3.63, 3.8) is 0 Å². The van der Waals surface area contributed by atoms with Crippen LogP contribution in [0.1, 0.15) is 33.1 Å². The van der Waals surface area contributed by atoms with Crippen LogP contribution < -0.4 is 5.32 Å². The Hall–Kier alpha value is -0.610. The summed E-state index contributed by atoms with van der Waals surface area (Å²) in [4.78, 5) is 10.7. The molecule has 1 unspecified atom stereocenters. The van der Waals surface area contributed by atoms with Crippen LogP contribution >= 0.6 is 0 Å². The smallest absolute Gasteiger partial charge is 0.305 e. The largest absolute Gasteiger partial charge is 0.481 e. The molecule has 0 bridgehead atoms. The molecule has 84 valence electrons. The van der Waals surface area contributed by atoms with Crippen LogP contribution in [0, 0.1) is 0 Å². The van der Waals surface area contributed by atoms with Crippen molar-refractivity contribution in [2.45, 2.75) is 38.6 Å². The molecule has 14 heavy (non-hydrogen) atoms. The van der Waals surface area contributed by atoms with Crippen LogP contribution in [0.4, 0.5) is 0 Å². The van der Waals surface area contributed by atoms with Gasteiger partial charge in [-0.1, -0.05) is 6.92 Å². The summed E-state index contributed by atoms with van der Waals surface area (Å²) in [5.74, 6) is -0.771. The maximum atomic E-state index is 10.7. The lowest BCUT2D eigenvalue weighted by atomic mass is 9.94. The quantitative estimate of drug-likeness (QED) is 0.623. The zero-order valence-electron chi connectivity index (χ0n) is 9.30. The number of carbonyl (C=O) groups is 1. The first-order valence-electron chi connectivity index (χ1n) is 5.00. The van der Waals surface area contributed by atoms with Crippen molar-refractivity contribution in [3.05, 3.63) is 0 Å². The number of hydrogen-bond donors (Lipinski definition) is 2. The van der Waals surface area contributed by atoms with Crippen molar-refractivity contribution in [2.75, 3.05) is 20.3 Å². The number of carboxylic acid groups (broad SMARTS) is 1. The molecule has 0 aromatic carbocycles. The normalized spacial score (nSPS) is 15.1. The van der Waals surface area contributed by atoms with Gasteiger partial charge in [-0.25, -0.2) is 0 Å². The average Bonchev–Trinajstić information content (AvgIpc) is 2.11. The molecule has 0 spiro atoms. The second-order valence-electron chi connectivity index (χ2n) is 3.80. The molecule has 2 N–H and O–H groups in total. The molecule has 1 atom stereocenters. The summed E-state index contributed by atoms with van der Waals surface area (Å²) in [6, 6.07) is 0. The van der Waals surface area contributed by atoms with E-state index in [0.29, 0.717) is 6.61 Å². The monoisotopic (exact) mass is 203 g/mol. The standard InChI is InChI=1S/C10H21NO3/c1-4-6-11-10(2,5-7-14-3)8-9(12)13/h11H,4-8H2,1-3H3,(H,12,13). The van der Waals surface area contributed by atoms with Crippen LogP contribution in [0.15, 0.2) is 0 Å². The Morgan fingerprint density at radius 3 is 2.64 bits per heavy atom. The number of methoxy groups -OCH3 is 1. The number of nitrogens with one attached hydrogen (secondary N) is 1. The van der Waals surface area contributed by atoms with E-state index in [0.717, 1.165) is 19.4 Å². The minimum Gasteiger partial charge on any atom is -0.481 e. The Bertz CT molecular complexity index is 163. The van der Waals surface area contributed by atoms with E-state index in [4.69, 9.17) is 9.84 Å². The second kappa shape index (κ2) is 6.79. The molecule has 0 aromatic heterocycles. The highest BCUT2D eigenvalue weighted by Gasteiger charge is 2.25. The Kier molecular flexibility index (Phi) is 6.49. The molecular weight excluding hydrogens is 182 g/mol. The molecule has 0 aliphatic carbocycles. The van der Waals surface area contributed by atoms with E-state index in [-0.39, 0.29) is 12.0 Å². The fourth-order valence-corrected chi connectivity index (χ4v) is 1.33. The molecule has 0 aliphatic rings. The Morgan fingerprint density at radius 2 is 2.21 bits per heavy atom. The summed E-state index contributed by atoms with van der Waals surface area (Å²) >= 11 is 0. The topological polar surface area (TPSA) is 58.6 Å². The summed E-state index contributed by atoms with van der Waals surface area (Å²) in [6.07, 6.45) is 1.86. The minimum atomic E-state index is -0.771. The number of hydrogen-bond acceptors (Lipinski definition) is 3. The van der Waals surface area contributed by atoms with Gasteiger partial charge in [-0.05, 0) is 26.3 Å². The Morgan fingerprint density at radius 1 is 1.57 bits per heavy atom. The van der Waals surface area contributed by atoms with Crippen molar-refractivity contribution < 1.29 is 14.6 Å². The van der Waals surface area contributed by atoms with Crippen molar-refractivity contribution in [1.82, 2.24) is 5.32 Å². The molecule has 0 heterocycles. The molecule has 0 fully saturated rings. The van der Waals surface area contributed by atoms with Crippen molar-refractivity contribution in [3.8, 4) is 0 Å². The number of rotatable bonds is 8. The van der Waals surface area contributed by atoms with Crippen LogP contribution in [0.25, 0.3) is 0 Å². The van der Waals surface area contributed by atoms with E-state index in [2.05, 4.69) is 12.2 Å². The van der Waals surface area contributed by atoms with E-state index in [1.54, 1.807) is 7.11 Å². The van der Waals surface area contributed by atoms with Gasteiger partial charge in [-0.2, -0.15) is 0 Å². The van der Waals surface area contributed by atoms with Gasteiger partial charge in [0.15, 0.2) is 0 Å². The third-order valence-electron chi connectivity index (χ3n) is 2.20. The average molecular weight is 203 g/mol. The lowest BCUT2D eigenvalue weighted by molar-refractivity contribution is -0.138. The number of ether oxygens (including phenoxy) is 1. The third kappa shape index (κ3) is 5.94. The lowest BCUT2D eigenvalue weighted by Gasteiger charge is -2.29. The summed E-state index contributed by atoms with van der Waals surface area (Å²) in [5, 5.41) is 12.0. The third-order valence-corrected chi connectivity index (χ3v) is 2.20. The van der Waals surface area contributed by atoms with Gasteiger partial charge in [0.25, 0.3) is 0 Å². The van der Waals surface area contributed by atoms with Gasteiger partial charge in [-0.3, -0.25) is 4.79 Å². The SMILES string of the molecule is CCCNC(C)(CCOC)CC(=O)O. The van der Waals surface area contributed by atoms with Gasteiger partial charge in [0.1, 0.15) is 0 Å². The van der Waals surface area contributed by atoms with Crippen LogP contribution in [-0.4, -0.2) is 36.9 Å². The van der Waals surface area contributed by atoms with Crippen molar-refractivity contribution >= 4 is 5.97 Å². The second-order valence-corrected chi connectivity index (χ2v) is 3.80. The molecule has 0 amide bonds. The first-order chi connectivity index (χ1) is 6.54. The van der Waals surface area contributed by atoms with E-state index < -0.39 is 5.97 Å². The molecule has 0 saturated carbocycles. The fourth-order valence-electron chi connectivity index (χ4n) is 1.33. The van der Waals surface area contributed by atoms with Gasteiger partial charge in [0.2, 0.25) is 0 Å². The van der Waals surface area contributed by atoms with E-state index in [1.165, 1.54) is 0 Å². The molecule has 4 heteroatoms. The predicted molar refractivity (Wildman–Crippen MR) is 55.4 cm³/mol. The summed E-state index contributed by atoms with van der Waals surface area (Å²) in [7, 11) is 1.63. The van der Waals surface area contributed by atoms with Crippen LogP contribution in [-0.2, 0) is 9.53 Å². The maximum Gasteiger partial charge on any atom is 0.305 e. The molecule has 0 aromatic rings. The first-order valence-corrected chi connectivity index (χ1v) is 5.00. The van der Waals surface area contributed by atoms with E-state index >= 15 is 0 Å². The highest BCUT2D eigenvalue weighted by atomic mass is 16.5. The van der Waals surface area contributed by atoms with Gasteiger partial charge in [0.05, 0.1) is 6.42 Å². The number of carboxylic acids is 1. The van der Waals surface area contributed by atoms with Gasteiger partial charge in [0, 0.05) is 19.3 Å². The molecule has 4 nitrogen and oxygen atoms in total. The summed E-state index contributed by atoms with van der Waals surface area (Å²) in [5.41, 5.74) is -0.349. The minimum absolute atomic E-state index is 0.135. The maximum absolute atomic E-state index is 10.7. The van der Waals surface area contributed by atoms with Crippen molar-refractivity contribution in [2.24, 2.45) is 0 Å². The van der Waals surface area contributed by atoms with Gasteiger partial charge >= 0.3 is 5.97 Å². The van der Waals surface area contributed by atoms with Crippen LogP contribution in [0.5, 0.6) is 0 Å². The molecule has 0 aliphatic heterocycles. The van der Waals surface area contributed by atoms with Gasteiger partial charge in [-0.15, -0.1) is 0 Å². The molecule has 0 saturated heterocycles. The predicted octanol–water partition coefficient (Wildman–Crippen LogP) is 1.26. The summed E-state index contributed by atoms with van der Waals surface area (Å²) < 4.78 is 4.97. The molecular formula is C10H21NO3. The highest BCUT2D eigenvalue weighted by Crippen LogP contribution is 2.14. The Balaban J connectivity index is 4.09. The highest BCUT2D eigenvalue weighted by molar-refractivity contribution is 5.68.